The Morgan fingerprint density at radius 1 is 1.42 bits per heavy atom. The van der Waals surface area contributed by atoms with Crippen molar-refractivity contribution in [2.24, 2.45) is 5.92 Å². The van der Waals surface area contributed by atoms with E-state index < -0.39 is 0 Å². The first-order chi connectivity index (χ1) is 9.25. The zero-order valence-electron chi connectivity index (χ0n) is 11.6. The van der Waals surface area contributed by atoms with Crippen molar-refractivity contribution in [3.05, 3.63) is 34.9 Å². The second kappa shape index (κ2) is 5.33. The minimum Gasteiger partial charge on any atom is -0.338 e. The van der Waals surface area contributed by atoms with E-state index in [1.165, 1.54) is 17.5 Å². The summed E-state index contributed by atoms with van der Waals surface area (Å²) in [6.07, 6.45) is 3.37. The van der Waals surface area contributed by atoms with E-state index in [2.05, 4.69) is 18.3 Å². The highest BCUT2D eigenvalue weighted by atomic mass is 16.2. The first-order valence-electron chi connectivity index (χ1n) is 7.36. The Balaban J connectivity index is 1.87. The number of nitrogens with one attached hydrogen (secondary N) is 1. The standard InChI is InChI=1S/C16H22N2O/c1-12-4-3-9-18(11-12)16(19)15-6-2-5-13-10-17-8-7-14(13)15/h2,5-6,12,17H,3-4,7-11H2,1H3. The Morgan fingerprint density at radius 3 is 3.16 bits per heavy atom. The van der Waals surface area contributed by atoms with Crippen molar-refractivity contribution >= 4 is 5.91 Å². The van der Waals surface area contributed by atoms with Crippen LogP contribution < -0.4 is 5.32 Å². The van der Waals surface area contributed by atoms with Gasteiger partial charge in [-0.1, -0.05) is 19.1 Å². The third-order valence-corrected chi connectivity index (χ3v) is 4.31. The molecule has 2 aliphatic rings. The lowest BCUT2D eigenvalue weighted by molar-refractivity contribution is 0.0681. The second-order valence-electron chi connectivity index (χ2n) is 5.87. The number of carbonyl (C=O) groups excluding carboxylic acids is 1. The Kier molecular flexibility index (Phi) is 3.56. The fourth-order valence-electron chi connectivity index (χ4n) is 3.28. The lowest BCUT2D eigenvalue weighted by Gasteiger charge is -2.32. The maximum absolute atomic E-state index is 12.7. The van der Waals surface area contributed by atoms with Crippen LogP contribution in [0.25, 0.3) is 0 Å². The van der Waals surface area contributed by atoms with Crippen LogP contribution in [0.5, 0.6) is 0 Å². The van der Waals surface area contributed by atoms with Crippen molar-refractivity contribution < 1.29 is 4.79 Å². The van der Waals surface area contributed by atoms with Gasteiger partial charge in [0.15, 0.2) is 0 Å². The summed E-state index contributed by atoms with van der Waals surface area (Å²) in [4.78, 5) is 14.8. The minimum absolute atomic E-state index is 0.241. The third kappa shape index (κ3) is 2.52. The van der Waals surface area contributed by atoms with Crippen molar-refractivity contribution in [1.82, 2.24) is 10.2 Å². The molecule has 0 aromatic heterocycles. The van der Waals surface area contributed by atoms with Crippen LogP contribution in [-0.2, 0) is 13.0 Å². The van der Waals surface area contributed by atoms with Crippen molar-refractivity contribution in [2.75, 3.05) is 19.6 Å². The van der Waals surface area contributed by atoms with Gasteiger partial charge in [-0.3, -0.25) is 4.79 Å². The van der Waals surface area contributed by atoms with Crippen LogP contribution in [0.15, 0.2) is 18.2 Å². The second-order valence-corrected chi connectivity index (χ2v) is 5.87. The van der Waals surface area contributed by atoms with Gasteiger partial charge in [-0.15, -0.1) is 0 Å². The topological polar surface area (TPSA) is 32.3 Å². The number of hydrogen-bond donors (Lipinski definition) is 1. The average molecular weight is 258 g/mol. The summed E-state index contributed by atoms with van der Waals surface area (Å²) in [5.74, 6) is 0.879. The molecule has 0 radical (unpaired) electrons. The van der Waals surface area contributed by atoms with Crippen LogP contribution in [0, 0.1) is 5.92 Å². The highest BCUT2D eigenvalue weighted by Gasteiger charge is 2.25. The van der Waals surface area contributed by atoms with E-state index in [-0.39, 0.29) is 5.91 Å². The molecule has 2 heterocycles. The molecule has 102 valence electrons. The number of piperidine rings is 1. The fraction of sp³-hybridized carbons (Fsp3) is 0.562. The lowest BCUT2D eigenvalue weighted by Crippen LogP contribution is -2.40. The summed E-state index contributed by atoms with van der Waals surface area (Å²) in [6.45, 7) is 5.95. The van der Waals surface area contributed by atoms with Crippen LogP contribution in [-0.4, -0.2) is 30.4 Å². The summed E-state index contributed by atoms with van der Waals surface area (Å²) < 4.78 is 0. The van der Waals surface area contributed by atoms with E-state index in [1.807, 2.05) is 17.0 Å². The van der Waals surface area contributed by atoms with E-state index in [0.29, 0.717) is 5.92 Å². The molecule has 1 unspecified atom stereocenters. The van der Waals surface area contributed by atoms with Gasteiger partial charge in [0.05, 0.1) is 0 Å². The average Bonchev–Trinajstić information content (AvgIpc) is 2.46. The molecule has 19 heavy (non-hydrogen) atoms. The summed E-state index contributed by atoms with van der Waals surface area (Å²) in [6, 6.07) is 6.16. The van der Waals surface area contributed by atoms with Gasteiger partial charge in [0.1, 0.15) is 0 Å². The van der Waals surface area contributed by atoms with E-state index in [4.69, 9.17) is 0 Å². The van der Waals surface area contributed by atoms with Gasteiger partial charge in [0.2, 0.25) is 0 Å². The lowest BCUT2D eigenvalue weighted by atomic mass is 9.93. The van der Waals surface area contributed by atoms with Crippen LogP contribution in [0.2, 0.25) is 0 Å². The van der Waals surface area contributed by atoms with E-state index >= 15 is 0 Å². The molecular formula is C16H22N2O. The molecule has 1 atom stereocenters. The predicted octanol–water partition coefficient (Wildman–Crippen LogP) is 2.20. The molecule has 0 spiro atoms. The largest absolute Gasteiger partial charge is 0.338 e. The van der Waals surface area contributed by atoms with Crippen LogP contribution in [0.1, 0.15) is 41.3 Å². The highest BCUT2D eigenvalue weighted by Crippen LogP contribution is 2.23. The molecule has 0 bridgehead atoms. The molecule has 1 saturated heterocycles. The van der Waals surface area contributed by atoms with E-state index in [9.17, 15) is 4.79 Å². The quantitative estimate of drug-likeness (QED) is 0.837. The molecule has 1 aromatic rings. The summed E-state index contributed by atoms with van der Waals surface area (Å²) in [7, 11) is 0. The molecule has 3 rings (SSSR count). The van der Waals surface area contributed by atoms with Crippen LogP contribution in [0.3, 0.4) is 0 Å². The Labute approximate surface area is 115 Å². The van der Waals surface area contributed by atoms with Crippen molar-refractivity contribution in [1.29, 1.82) is 0 Å². The van der Waals surface area contributed by atoms with Gasteiger partial charge in [-0.25, -0.2) is 0 Å². The smallest absolute Gasteiger partial charge is 0.254 e. The molecule has 3 heteroatoms. The first-order valence-corrected chi connectivity index (χ1v) is 7.36. The van der Waals surface area contributed by atoms with Gasteiger partial charge in [-0.05, 0) is 48.9 Å². The maximum atomic E-state index is 12.7. The number of hydrogen-bond acceptors (Lipinski definition) is 2. The molecule has 1 N–H and O–H groups in total. The predicted molar refractivity (Wildman–Crippen MR) is 76.2 cm³/mol. The highest BCUT2D eigenvalue weighted by molar-refractivity contribution is 5.96. The molecule has 3 nitrogen and oxygen atoms in total. The van der Waals surface area contributed by atoms with Crippen molar-refractivity contribution in [3.8, 4) is 0 Å². The van der Waals surface area contributed by atoms with Gasteiger partial charge < -0.3 is 10.2 Å². The molecule has 0 saturated carbocycles. The van der Waals surface area contributed by atoms with E-state index in [0.717, 1.165) is 44.6 Å². The molecule has 2 aliphatic heterocycles. The molecular weight excluding hydrogens is 236 g/mol. The SMILES string of the molecule is CC1CCCN(C(=O)c2cccc3c2CCNC3)C1. The maximum Gasteiger partial charge on any atom is 0.254 e. The molecule has 1 amide bonds. The zero-order valence-corrected chi connectivity index (χ0v) is 11.6. The van der Waals surface area contributed by atoms with Crippen LogP contribution in [0.4, 0.5) is 0 Å². The number of benzene rings is 1. The van der Waals surface area contributed by atoms with Gasteiger partial charge >= 0.3 is 0 Å². The third-order valence-electron chi connectivity index (χ3n) is 4.31. The summed E-state index contributed by atoms with van der Waals surface area (Å²) in [5, 5.41) is 3.37. The number of rotatable bonds is 1. The monoisotopic (exact) mass is 258 g/mol. The number of likely N-dealkylation sites (tertiary alicyclic amines) is 1. The number of fused-ring (bicyclic) bond motifs is 1. The minimum atomic E-state index is 0.241. The first kappa shape index (κ1) is 12.7. The van der Waals surface area contributed by atoms with Gasteiger partial charge in [0.25, 0.3) is 5.91 Å². The summed E-state index contributed by atoms with van der Waals surface area (Å²) >= 11 is 0. The number of carbonyl (C=O) groups is 1. The van der Waals surface area contributed by atoms with Crippen molar-refractivity contribution in [2.45, 2.75) is 32.7 Å². The Morgan fingerprint density at radius 2 is 2.32 bits per heavy atom. The zero-order chi connectivity index (χ0) is 13.2. The molecule has 0 aliphatic carbocycles. The molecule has 1 fully saturated rings. The van der Waals surface area contributed by atoms with Crippen LogP contribution >= 0.6 is 0 Å². The van der Waals surface area contributed by atoms with E-state index in [1.54, 1.807) is 0 Å². The number of amides is 1. The normalized spacial score (nSPS) is 23.0. The summed E-state index contributed by atoms with van der Waals surface area (Å²) in [5.41, 5.74) is 3.50. The molecule has 1 aromatic carbocycles. The number of nitrogens with zero attached hydrogens (tertiary/aromatic N) is 1. The Bertz CT molecular complexity index is 484. The fourth-order valence-corrected chi connectivity index (χ4v) is 3.28. The Hall–Kier alpha value is -1.35. The van der Waals surface area contributed by atoms with Gasteiger partial charge in [-0.2, -0.15) is 0 Å². The van der Waals surface area contributed by atoms with Gasteiger partial charge in [0, 0.05) is 25.2 Å². The van der Waals surface area contributed by atoms with Crippen molar-refractivity contribution in [3.63, 3.8) is 0 Å².